The maximum absolute atomic E-state index is 11.3. The molecule has 37 heavy (non-hydrogen) atoms. The predicted octanol–water partition coefficient (Wildman–Crippen LogP) is 4.37. The molecule has 0 spiro atoms. The van der Waals surface area contributed by atoms with Crippen molar-refractivity contribution in [3.63, 3.8) is 0 Å². The third-order valence-electron chi connectivity index (χ3n) is 6.13. The molecule has 198 valence electrons. The number of nitrogens with two attached hydrogens (primary N) is 1. The van der Waals surface area contributed by atoms with Gasteiger partial charge >= 0.3 is 6.03 Å². The molecular formula is C30H41N5O2. The van der Waals surface area contributed by atoms with E-state index in [0.717, 1.165) is 67.4 Å². The molecule has 0 saturated carbocycles. The van der Waals surface area contributed by atoms with Crippen molar-refractivity contribution in [1.82, 2.24) is 15.5 Å². The van der Waals surface area contributed by atoms with Crippen LogP contribution < -0.4 is 16.4 Å². The Hall–Kier alpha value is -3.60. The molecule has 0 aromatic heterocycles. The van der Waals surface area contributed by atoms with Gasteiger partial charge in [0.1, 0.15) is 0 Å². The molecule has 0 aromatic rings. The highest BCUT2D eigenvalue weighted by molar-refractivity contribution is 5.71. The summed E-state index contributed by atoms with van der Waals surface area (Å²) in [4.78, 5) is 18.2. The first-order valence-corrected chi connectivity index (χ1v) is 12.6. The van der Waals surface area contributed by atoms with Gasteiger partial charge in [-0.15, -0.1) is 0 Å². The third kappa shape index (κ3) is 10.9. The Labute approximate surface area is 222 Å². The molecule has 4 N–H and O–H groups in total. The summed E-state index contributed by atoms with van der Waals surface area (Å²) in [5.74, 6) is 6.28. The van der Waals surface area contributed by atoms with Gasteiger partial charge in [0, 0.05) is 48.9 Å². The average molecular weight is 504 g/mol. The summed E-state index contributed by atoms with van der Waals surface area (Å²) >= 11 is 0. The van der Waals surface area contributed by atoms with Crippen LogP contribution in [-0.2, 0) is 4.74 Å². The number of ether oxygens (including phenoxy) is 1. The highest BCUT2D eigenvalue weighted by Gasteiger charge is 2.20. The van der Waals surface area contributed by atoms with E-state index in [2.05, 4.69) is 78.1 Å². The van der Waals surface area contributed by atoms with Crippen molar-refractivity contribution in [3.8, 4) is 11.8 Å². The number of amides is 2. The number of nitrogens with zero attached hydrogens (tertiary/aromatic N) is 2. The van der Waals surface area contributed by atoms with Gasteiger partial charge in [0.05, 0.1) is 25.2 Å². The topological polar surface area (TPSA) is 92.0 Å². The number of allylic oxidation sites excluding steroid dienone is 8. The summed E-state index contributed by atoms with van der Waals surface area (Å²) in [6.07, 6.45) is 11.1. The Morgan fingerprint density at radius 2 is 2.03 bits per heavy atom. The lowest BCUT2D eigenvalue weighted by atomic mass is 9.92. The SMILES string of the molecule is C=C(C#C/C(=C/C=C(\C)CN1CCOCC1)CC)/C=C\C(=C)CC(CNC(N)=O)C1=C(C)C(=C)NC=N1. The summed E-state index contributed by atoms with van der Waals surface area (Å²) in [7, 11) is 0. The van der Waals surface area contributed by atoms with Crippen molar-refractivity contribution < 1.29 is 9.53 Å². The number of rotatable bonds is 11. The first-order valence-electron chi connectivity index (χ1n) is 12.6. The molecule has 2 aliphatic rings. The maximum atomic E-state index is 11.3. The number of nitrogens with one attached hydrogen (secondary N) is 2. The van der Waals surface area contributed by atoms with Crippen molar-refractivity contribution in [2.24, 2.45) is 16.6 Å². The minimum absolute atomic E-state index is 0.0961. The smallest absolute Gasteiger partial charge is 0.312 e. The fraction of sp³-hybridized carbons (Fsp3) is 0.400. The monoisotopic (exact) mass is 503 g/mol. The zero-order valence-electron chi connectivity index (χ0n) is 22.5. The summed E-state index contributed by atoms with van der Waals surface area (Å²) in [6.45, 7) is 23.3. The van der Waals surface area contributed by atoms with Gasteiger partial charge in [0.25, 0.3) is 0 Å². The number of carbonyl (C=O) groups is 1. The quantitative estimate of drug-likeness (QED) is 0.288. The van der Waals surface area contributed by atoms with E-state index in [1.54, 1.807) is 6.34 Å². The minimum atomic E-state index is -0.573. The second kappa shape index (κ2) is 15.5. The number of carbonyl (C=O) groups excluding carboxylic acids is 1. The van der Waals surface area contributed by atoms with Gasteiger partial charge in [0.2, 0.25) is 0 Å². The lowest BCUT2D eigenvalue weighted by molar-refractivity contribution is 0.0423. The number of primary amides is 1. The average Bonchev–Trinajstić information content (AvgIpc) is 2.87. The second-order valence-electron chi connectivity index (χ2n) is 9.25. The molecule has 0 bridgehead atoms. The van der Waals surface area contributed by atoms with Crippen LogP contribution in [0.1, 0.15) is 33.6 Å². The fourth-order valence-electron chi connectivity index (χ4n) is 3.90. The molecule has 7 nitrogen and oxygen atoms in total. The summed E-state index contributed by atoms with van der Waals surface area (Å²) in [5, 5.41) is 5.69. The molecule has 7 heteroatoms. The van der Waals surface area contributed by atoms with Gasteiger partial charge in [-0.2, -0.15) is 0 Å². The van der Waals surface area contributed by atoms with E-state index in [-0.39, 0.29) is 5.92 Å². The maximum Gasteiger partial charge on any atom is 0.312 e. The van der Waals surface area contributed by atoms with Crippen LogP contribution in [0.5, 0.6) is 0 Å². The van der Waals surface area contributed by atoms with Crippen LogP contribution in [0.15, 0.2) is 88.3 Å². The number of hydrogen-bond acceptors (Lipinski definition) is 5. The van der Waals surface area contributed by atoms with Crippen molar-refractivity contribution >= 4 is 12.4 Å². The molecule has 0 radical (unpaired) electrons. The third-order valence-corrected chi connectivity index (χ3v) is 6.13. The molecule has 2 heterocycles. The second-order valence-corrected chi connectivity index (χ2v) is 9.25. The van der Waals surface area contributed by atoms with E-state index in [1.165, 1.54) is 5.57 Å². The molecule has 1 atom stereocenters. The normalized spacial score (nSPS) is 17.8. The summed E-state index contributed by atoms with van der Waals surface area (Å²) in [6, 6.07) is -0.573. The van der Waals surface area contributed by atoms with Gasteiger partial charge < -0.3 is 21.1 Å². The first kappa shape index (κ1) is 29.6. The van der Waals surface area contributed by atoms with Crippen LogP contribution >= 0.6 is 0 Å². The van der Waals surface area contributed by atoms with Crippen molar-refractivity contribution in [2.75, 3.05) is 39.4 Å². The Morgan fingerprint density at radius 1 is 1.30 bits per heavy atom. The molecule has 2 aliphatic heterocycles. The molecule has 1 unspecified atom stereocenters. The van der Waals surface area contributed by atoms with E-state index >= 15 is 0 Å². The van der Waals surface area contributed by atoms with Crippen LogP contribution in [0.4, 0.5) is 4.79 Å². The molecule has 0 aliphatic carbocycles. The summed E-state index contributed by atoms with van der Waals surface area (Å²) < 4.78 is 5.42. The zero-order valence-corrected chi connectivity index (χ0v) is 22.5. The standard InChI is InChI=1S/C30H41N5O2/c1-7-27(13-11-24(4)20-35-14-16-37-17-15-35)12-10-22(2)8-9-23(3)18-28(19-32-30(31)36)29-25(5)26(6)33-21-34-29/h8-9,11,13,21,28H,2-3,6-7,14-20H2,1,4-5H3,(H,33,34)(H3,31,32,36)/b9-8-,24-11+,27-13+. The number of morpholine rings is 1. The van der Waals surface area contributed by atoms with Gasteiger partial charge in [-0.3, -0.25) is 4.90 Å². The molecule has 2 rings (SSSR count). The van der Waals surface area contributed by atoms with E-state index < -0.39 is 6.03 Å². The number of aliphatic imine (C=N–C) groups is 1. The minimum Gasteiger partial charge on any atom is -0.379 e. The van der Waals surface area contributed by atoms with Crippen LogP contribution in [0.2, 0.25) is 0 Å². The van der Waals surface area contributed by atoms with Gasteiger partial charge in [-0.1, -0.05) is 67.9 Å². The zero-order chi connectivity index (χ0) is 27.2. The Bertz CT molecular complexity index is 1090. The molecular weight excluding hydrogens is 462 g/mol. The predicted molar refractivity (Wildman–Crippen MR) is 154 cm³/mol. The Kier molecular flexibility index (Phi) is 12.4. The van der Waals surface area contributed by atoms with Crippen LogP contribution in [0.3, 0.4) is 0 Å². The van der Waals surface area contributed by atoms with Crippen molar-refractivity contribution in [2.45, 2.75) is 33.6 Å². The summed E-state index contributed by atoms with van der Waals surface area (Å²) in [5.41, 5.74) is 11.8. The highest BCUT2D eigenvalue weighted by atomic mass is 16.5. The highest BCUT2D eigenvalue weighted by Crippen LogP contribution is 2.27. The van der Waals surface area contributed by atoms with Gasteiger partial charge in [-0.25, -0.2) is 9.79 Å². The fourth-order valence-corrected chi connectivity index (χ4v) is 3.90. The number of urea groups is 1. The van der Waals surface area contributed by atoms with Gasteiger partial charge in [0.15, 0.2) is 0 Å². The lowest BCUT2D eigenvalue weighted by Crippen LogP contribution is -2.37. The number of hydrogen-bond donors (Lipinski definition) is 3. The molecule has 1 fully saturated rings. The van der Waals surface area contributed by atoms with E-state index in [1.807, 2.05) is 19.1 Å². The molecule has 2 amide bonds. The van der Waals surface area contributed by atoms with E-state index in [9.17, 15) is 4.79 Å². The molecule has 1 saturated heterocycles. The van der Waals surface area contributed by atoms with Crippen LogP contribution in [-0.4, -0.2) is 56.7 Å². The van der Waals surface area contributed by atoms with Crippen LogP contribution in [0.25, 0.3) is 0 Å². The van der Waals surface area contributed by atoms with Crippen LogP contribution in [0, 0.1) is 17.8 Å². The first-order chi connectivity index (χ1) is 17.7. The lowest BCUT2D eigenvalue weighted by Gasteiger charge is -2.26. The Balaban J connectivity index is 1.99. The van der Waals surface area contributed by atoms with E-state index in [4.69, 9.17) is 10.5 Å². The van der Waals surface area contributed by atoms with Crippen molar-refractivity contribution in [1.29, 1.82) is 0 Å². The van der Waals surface area contributed by atoms with E-state index in [0.29, 0.717) is 18.5 Å². The molecule has 0 aromatic carbocycles. The Morgan fingerprint density at radius 3 is 2.70 bits per heavy atom. The van der Waals surface area contributed by atoms with Gasteiger partial charge in [-0.05, 0) is 38.3 Å². The van der Waals surface area contributed by atoms with Crippen molar-refractivity contribution in [3.05, 3.63) is 83.3 Å². The largest absolute Gasteiger partial charge is 0.379 e.